The molecule has 0 aromatic heterocycles. The molecule has 7 heteroatoms. The van der Waals surface area contributed by atoms with Gasteiger partial charge >= 0.3 is 0 Å². The zero-order valence-corrected chi connectivity index (χ0v) is 13.5. The fraction of sp³-hybridized carbons (Fsp3) is 0.571. The van der Waals surface area contributed by atoms with Crippen molar-refractivity contribution in [3.05, 3.63) is 23.2 Å². The van der Waals surface area contributed by atoms with E-state index in [1.165, 1.54) is 23.5 Å². The van der Waals surface area contributed by atoms with Crippen LogP contribution in [0.2, 0.25) is 5.02 Å². The number of hydrogen-bond donors (Lipinski definition) is 1. The maximum atomic E-state index is 12.9. The second kappa shape index (κ2) is 6.96. The predicted molar refractivity (Wildman–Crippen MR) is 81.2 cm³/mol. The average Bonchev–Trinajstić information content (AvgIpc) is 2.47. The highest BCUT2D eigenvalue weighted by molar-refractivity contribution is 7.89. The number of nitrogens with zero attached hydrogens (tertiary/aromatic N) is 1. The van der Waals surface area contributed by atoms with Crippen molar-refractivity contribution in [3.63, 3.8) is 0 Å². The molecule has 118 valence electrons. The summed E-state index contributed by atoms with van der Waals surface area (Å²) in [5, 5.41) is 9.57. The van der Waals surface area contributed by atoms with E-state index in [2.05, 4.69) is 0 Å². The van der Waals surface area contributed by atoms with Crippen LogP contribution in [0.15, 0.2) is 23.1 Å². The van der Waals surface area contributed by atoms with Gasteiger partial charge in [-0.3, -0.25) is 0 Å². The molecule has 1 heterocycles. The first-order valence-corrected chi connectivity index (χ1v) is 8.78. The standard InChI is InChI=1S/C14H20ClNO4S/c1-20-13-10-11(15)5-6-14(13)21(18,19)16-8-3-2-4-12(16)7-9-17/h5-6,10,12,17H,2-4,7-9H2,1H3. The van der Waals surface area contributed by atoms with Gasteiger partial charge in [0.15, 0.2) is 0 Å². The van der Waals surface area contributed by atoms with Crippen molar-refractivity contribution in [2.75, 3.05) is 20.3 Å². The molecule has 0 aliphatic carbocycles. The Labute approximate surface area is 130 Å². The summed E-state index contributed by atoms with van der Waals surface area (Å²) in [6, 6.07) is 4.36. The van der Waals surface area contributed by atoms with Gasteiger partial charge in [0.1, 0.15) is 10.6 Å². The highest BCUT2D eigenvalue weighted by Gasteiger charge is 2.34. The average molecular weight is 334 g/mol. The molecule has 1 aromatic rings. The van der Waals surface area contributed by atoms with E-state index in [-0.39, 0.29) is 23.3 Å². The highest BCUT2D eigenvalue weighted by atomic mass is 35.5. The van der Waals surface area contributed by atoms with E-state index in [0.29, 0.717) is 18.0 Å². The summed E-state index contributed by atoms with van der Waals surface area (Å²) in [6.07, 6.45) is 3.04. The quantitative estimate of drug-likeness (QED) is 0.897. The largest absolute Gasteiger partial charge is 0.495 e. The Balaban J connectivity index is 2.40. The minimum absolute atomic E-state index is 0.0194. The summed E-state index contributed by atoms with van der Waals surface area (Å²) >= 11 is 5.89. The molecule has 1 aliphatic heterocycles. The van der Waals surface area contributed by atoms with Crippen molar-refractivity contribution in [2.45, 2.75) is 36.6 Å². The van der Waals surface area contributed by atoms with Crippen LogP contribution in [0.25, 0.3) is 0 Å². The molecule has 0 spiro atoms. The third-order valence-corrected chi connectivity index (χ3v) is 5.97. The Hall–Kier alpha value is -0.820. The molecule has 1 aliphatic rings. The molecular formula is C14H20ClNO4S. The minimum atomic E-state index is -3.65. The summed E-state index contributed by atoms with van der Waals surface area (Å²) in [5.41, 5.74) is 0. The van der Waals surface area contributed by atoms with Gasteiger partial charge in [-0.05, 0) is 31.4 Å². The molecule has 0 bridgehead atoms. The van der Waals surface area contributed by atoms with Gasteiger partial charge in [0.05, 0.1) is 7.11 Å². The fourth-order valence-corrected chi connectivity index (χ4v) is 4.73. The van der Waals surface area contributed by atoms with Gasteiger partial charge in [-0.15, -0.1) is 0 Å². The molecule has 0 amide bonds. The van der Waals surface area contributed by atoms with E-state index in [1.807, 2.05) is 0 Å². The number of methoxy groups -OCH3 is 1. The number of rotatable bonds is 5. The summed E-state index contributed by atoms with van der Waals surface area (Å²) in [6.45, 7) is 0.452. The van der Waals surface area contributed by atoms with Crippen molar-refractivity contribution < 1.29 is 18.3 Å². The van der Waals surface area contributed by atoms with Gasteiger partial charge in [0, 0.05) is 30.3 Å². The number of aliphatic hydroxyl groups excluding tert-OH is 1. The van der Waals surface area contributed by atoms with Crippen LogP contribution < -0.4 is 4.74 Å². The van der Waals surface area contributed by atoms with E-state index in [1.54, 1.807) is 6.07 Å². The van der Waals surface area contributed by atoms with E-state index < -0.39 is 10.0 Å². The Bertz CT molecular complexity index is 589. The lowest BCUT2D eigenvalue weighted by Crippen LogP contribution is -2.44. The van der Waals surface area contributed by atoms with Crippen LogP contribution in [-0.4, -0.2) is 44.1 Å². The third-order valence-electron chi connectivity index (χ3n) is 3.75. The van der Waals surface area contributed by atoms with Crippen LogP contribution in [0.1, 0.15) is 25.7 Å². The third kappa shape index (κ3) is 3.51. The first-order valence-electron chi connectivity index (χ1n) is 6.97. The normalized spacial score (nSPS) is 20.4. The Kier molecular flexibility index (Phi) is 5.48. The maximum Gasteiger partial charge on any atom is 0.247 e. The first kappa shape index (κ1) is 16.5. The SMILES string of the molecule is COc1cc(Cl)ccc1S(=O)(=O)N1CCCCC1CCO. The van der Waals surface area contributed by atoms with Crippen LogP contribution in [0.5, 0.6) is 5.75 Å². The highest BCUT2D eigenvalue weighted by Crippen LogP contribution is 2.33. The minimum Gasteiger partial charge on any atom is -0.495 e. The molecule has 0 saturated carbocycles. The Morgan fingerprint density at radius 1 is 1.43 bits per heavy atom. The number of ether oxygens (including phenoxy) is 1. The molecule has 1 aromatic carbocycles. The summed E-state index contributed by atoms with van der Waals surface area (Å²) < 4.78 is 32.4. The number of sulfonamides is 1. The first-order chi connectivity index (χ1) is 10.0. The lowest BCUT2D eigenvalue weighted by atomic mass is 10.0. The van der Waals surface area contributed by atoms with E-state index in [0.717, 1.165) is 19.3 Å². The Morgan fingerprint density at radius 2 is 2.19 bits per heavy atom. The van der Waals surface area contributed by atoms with Gasteiger partial charge in [-0.25, -0.2) is 8.42 Å². The zero-order valence-electron chi connectivity index (χ0n) is 12.0. The van der Waals surface area contributed by atoms with E-state index in [9.17, 15) is 8.42 Å². The molecule has 2 rings (SSSR count). The summed E-state index contributed by atoms with van der Waals surface area (Å²) in [7, 11) is -2.23. The van der Waals surface area contributed by atoms with Gasteiger partial charge in [0.25, 0.3) is 0 Å². The van der Waals surface area contributed by atoms with Crippen molar-refractivity contribution >= 4 is 21.6 Å². The maximum absolute atomic E-state index is 12.9. The molecule has 21 heavy (non-hydrogen) atoms. The molecule has 1 unspecified atom stereocenters. The lowest BCUT2D eigenvalue weighted by molar-refractivity contribution is 0.192. The van der Waals surface area contributed by atoms with Gasteiger partial charge < -0.3 is 9.84 Å². The summed E-state index contributed by atoms with van der Waals surface area (Å²) in [5.74, 6) is 0.246. The smallest absolute Gasteiger partial charge is 0.247 e. The molecule has 1 atom stereocenters. The van der Waals surface area contributed by atoms with E-state index >= 15 is 0 Å². The number of benzene rings is 1. The summed E-state index contributed by atoms with van der Waals surface area (Å²) in [4.78, 5) is 0.124. The van der Waals surface area contributed by atoms with Crippen molar-refractivity contribution in [1.29, 1.82) is 0 Å². The second-order valence-corrected chi connectivity index (χ2v) is 7.37. The molecule has 1 N–H and O–H groups in total. The predicted octanol–water partition coefficient (Wildman–Crippen LogP) is 2.27. The van der Waals surface area contributed by atoms with Crippen LogP contribution in [0.4, 0.5) is 0 Å². The van der Waals surface area contributed by atoms with Crippen LogP contribution in [-0.2, 0) is 10.0 Å². The Morgan fingerprint density at radius 3 is 2.86 bits per heavy atom. The van der Waals surface area contributed by atoms with Crippen LogP contribution in [0.3, 0.4) is 0 Å². The number of halogens is 1. The number of piperidine rings is 1. The van der Waals surface area contributed by atoms with Gasteiger partial charge in [-0.1, -0.05) is 18.0 Å². The molecule has 5 nitrogen and oxygen atoms in total. The van der Waals surface area contributed by atoms with Crippen LogP contribution in [0, 0.1) is 0 Å². The van der Waals surface area contributed by atoms with Crippen LogP contribution >= 0.6 is 11.6 Å². The van der Waals surface area contributed by atoms with Crippen molar-refractivity contribution in [3.8, 4) is 5.75 Å². The van der Waals surface area contributed by atoms with Gasteiger partial charge in [0.2, 0.25) is 10.0 Å². The molecular weight excluding hydrogens is 314 g/mol. The van der Waals surface area contributed by atoms with Gasteiger partial charge in [-0.2, -0.15) is 4.31 Å². The monoisotopic (exact) mass is 333 g/mol. The second-order valence-electron chi connectivity index (χ2n) is 5.07. The topological polar surface area (TPSA) is 66.8 Å². The zero-order chi connectivity index (χ0) is 15.5. The molecule has 1 fully saturated rings. The number of aliphatic hydroxyl groups is 1. The number of hydrogen-bond acceptors (Lipinski definition) is 4. The molecule has 1 saturated heterocycles. The lowest BCUT2D eigenvalue weighted by Gasteiger charge is -2.34. The molecule has 0 radical (unpaired) electrons. The fourth-order valence-electron chi connectivity index (χ4n) is 2.71. The van der Waals surface area contributed by atoms with Crippen molar-refractivity contribution in [1.82, 2.24) is 4.31 Å². The van der Waals surface area contributed by atoms with E-state index in [4.69, 9.17) is 21.4 Å². The van der Waals surface area contributed by atoms with Crippen molar-refractivity contribution in [2.24, 2.45) is 0 Å².